The monoisotopic (exact) mass is 378 g/mol. The van der Waals surface area contributed by atoms with Gasteiger partial charge in [0.15, 0.2) is 12.2 Å². The Morgan fingerprint density at radius 1 is 1.21 bits per heavy atom. The predicted octanol–water partition coefficient (Wildman–Crippen LogP) is 4.37. The van der Waals surface area contributed by atoms with E-state index in [1.165, 1.54) is 35.7 Å². The van der Waals surface area contributed by atoms with E-state index in [4.69, 9.17) is 9.15 Å². The third-order valence-corrected chi connectivity index (χ3v) is 3.93. The molecule has 0 fully saturated rings. The zero-order chi connectivity index (χ0) is 19.9. The number of hydrogen-bond donors (Lipinski definition) is 1. The van der Waals surface area contributed by atoms with Crippen molar-refractivity contribution < 1.29 is 23.8 Å². The van der Waals surface area contributed by atoms with Gasteiger partial charge in [-0.1, -0.05) is 36.4 Å². The largest absolute Gasteiger partial charge is 0.478 e. The summed E-state index contributed by atoms with van der Waals surface area (Å²) < 4.78 is 10.6. The van der Waals surface area contributed by atoms with Crippen LogP contribution in [0.2, 0.25) is 0 Å². The first-order valence-corrected chi connectivity index (χ1v) is 8.45. The van der Waals surface area contributed by atoms with Gasteiger partial charge >= 0.3 is 12.1 Å². The van der Waals surface area contributed by atoms with E-state index in [-0.39, 0.29) is 18.7 Å². The number of benzene rings is 2. The molecule has 7 nitrogen and oxygen atoms in total. The van der Waals surface area contributed by atoms with Gasteiger partial charge in [-0.15, -0.1) is 6.58 Å². The van der Waals surface area contributed by atoms with E-state index in [0.29, 0.717) is 17.0 Å². The van der Waals surface area contributed by atoms with Crippen molar-refractivity contribution in [3.63, 3.8) is 0 Å². The van der Waals surface area contributed by atoms with Gasteiger partial charge in [0.05, 0.1) is 11.8 Å². The molecule has 0 aliphatic rings. The number of ether oxygens (including phenoxy) is 1. The highest BCUT2D eigenvalue weighted by Crippen LogP contribution is 2.27. The van der Waals surface area contributed by atoms with Crippen LogP contribution in [0.25, 0.3) is 11.3 Å². The maximum Gasteiger partial charge on any atom is 0.414 e. The minimum atomic E-state index is -1.13. The molecule has 0 spiro atoms. The van der Waals surface area contributed by atoms with Crippen LogP contribution in [-0.4, -0.2) is 28.7 Å². The van der Waals surface area contributed by atoms with Crippen molar-refractivity contribution in [1.29, 1.82) is 0 Å². The van der Waals surface area contributed by atoms with Crippen LogP contribution in [0.5, 0.6) is 0 Å². The Morgan fingerprint density at radius 2 is 2.00 bits per heavy atom. The minimum absolute atomic E-state index is 0.00817. The summed E-state index contributed by atoms with van der Waals surface area (Å²) in [5.41, 5.74) is 1.69. The number of rotatable bonds is 7. The summed E-state index contributed by atoms with van der Waals surface area (Å²) in [6.07, 6.45) is 3.63. The second-order valence-electron chi connectivity index (χ2n) is 5.88. The molecule has 0 aliphatic heterocycles. The number of aromatic carboxylic acids is 1. The third-order valence-electron chi connectivity index (χ3n) is 3.93. The van der Waals surface area contributed by atoms with Crippen LogP contribution in [0.15, 0.2) is 78.2 Å². The first kappa shape index (κ1) is 18.9. The Kier molecular flexibility index (Phi) is 5.86. The number of nitrogens with zero attached hydrogens (tertiary/aromatic N) is 2. The molecule has 0 saturated carbocycles. The van der Waals surface area contributed by atoms with Gasteiger partial charge in [0.25, 0.3) is 0 Å². The molecule has 3 rings (SSSR count). The lowest BCUT2D eigenvalue weighted by Crippen LogP contribution is -2.31. The van der Waals surface area contributed by atoms with Gasteiger partial charge in [-0.05, 0) is 23.8 Å². The summed E-state index contributed by atoms with van der Waals surface area (Å²) in [5, 5.41) is 9.43. The number of carboxylic acids is 1. The zero-order valence-corrected chi connectivity index (χ0v) is 14.9. The Hall–Kier alpha value is -3.87. The first-order chi connectivity index (χ1) is 13.6. The molecule has 142 valence electrons. The molecule has 1 N–H and O–H groups in total. The number of anilines is 1. The maximum atomic E-state index is 12.7. The number of oxazole rings is 1. The van der Waals surface area contributed by atoms with Crippen molar-refractivity contribution in [2.45, 2.75) is 6.61 Å². The highest BCUT2D eigenvalue weighted by molar-refractivity contribution is 5.94. The summed E-state index contributed by atoms with van der Waals surface area (Å²) in [7, 11) is 0. The average molecular weight is 378 g/mol. The molecule has 0 aliphatic carbocycles. The molecule has 3 aromatic rings. The van der Waals surface area contributed by atoms with Crippen LogP contribution in [0, 0.1) is 0 Å². The predicted molar refractivity (Wildman–Crippen MR) is 103 cm³/mol. The molecular weight excluding hydrogens is 360 g/mol. The molecule has 0 unspecified atom stereocenters. The lowest BCUT2D eigenvalue weighted by molar-refractivity contribution is 0.0696. The molecular formula is C21H18N2O5. The van der Waals surface area contributed by atoms with E-state index >= 15 is 0 Å². The maximum absolute atomic E-state index is 12.7. The highest BCUT2D eigenvalue weighted by atomic mass is 16.6. The van der Waals surface area contributed by atoms with Gasteiger partial charge in [-0.25, -0.2) is 14.6 Å². The van der Waals surface area contributed by atoms with Crippen molar-refractivity contribution in [1.82, 2.24) is 4.98 Å². The standard InChI is InChI=1S/C21H18N2O5/c1-2-8-23(21(26)27-13-15-6-4-3-5-7-15)18-10-16(19-12-22-14-28-19)9-17(11-18)20(24)25/h2-7,9-12,14H,1,8,13H2,(H,24,25). The molecule has 1 heterocycles. The van der Waals surface area contributed by atoms with Crippen LogP contribution in [0.3, 0.4) is 0 Å². The second-order valence-corrected chi connectivity index (χ2v) is 5.88. The highest BCUT2D eigenvalue weighted by Gasteiger charge is 2.20. The van der Waals surface area contributed by atoms with E-state index in [0.717, 1.165) is 5.56 Å². The fourth-order valence-electron chi connectivity index (χ4n) is 2.60. The van der Waals surface area contributed by atoms with Crippen LogP contribution in [0.4, 0.5) is 10.5 Å². The number of carbonyl (C=O) groups excluding carboxylic acids is 1. The van der Waals surface area contributed by atoms with Gasteiger partial charge < -0.3 is 14.3 Å². The molecule has 1 amide bonds. The Morgan fingerprint density at radius 3 is 2.64 bits per heavy atom. The third kappa shape index (κ3) is 4.45. The van der Waals surface area contributed by atoms with E-state index in [9.17, 15) is 14.7 Å². The summed E-state index contributed by atoms with van der Waals surface area (Å²) in [6, 6.07) is 13.8. The van der Waals surface area contributed by atoms with E-state index in [1.54, 1.807) is 6.07 Å². The fourth-order valence-corrected chi connectivity index (χ4v) is 2.60. The Labute approximate surface area is 161 Å². The normalized spacial score (nSPS) is 10.3. The van der Waals surface area contributed by atoms with Crippen molar-refractivity contribution >= 4 is 17.7 Å². The van der Waals surface area contributed by atoms with Crippen LogP contribution >= 0.6 is 0 Å². The summed E-state index contributed by atoms with van der Waals surface area (Å²) in [5.74, 6) is -0.737. The average Bonchev–Trinajstić information content (AvgIpc) is 3.25. The van der Waals surface area contributed by atoms with Crippen molar-refractivity contribution in [3.05, 3.63) is 84.9 Å². The lowest BCUT2D eigenvalue weighted by atomic mass is 10.1. The molecule has 28 heavy (non-hydrogen) atoms. The number of hydrogen-bond acceptors (Lipinski definition) is 5. The first-order valence-electron chi connectivity index (χ1n) is 8.45. The summed E-state index contributed by atoms with van der Waals surface area (Å²) in [4.78, 5) is 29.3. The molecule has 0 bridgehead atoms. The molecule has 0 radical (unpaired) electrons. The van der Waals surface area contributed by atoms with E-state index in [1.807, 2.05) is 30.3 Å². The SMILES string of the molecule is C=CCN(C(=O)OCc1ccccc1)c1cc(C(=O)O)cc(-c2cnco2)c1. The van der Waals surface area contributed by atoms with Crippen molar-refractivity contribution in [2.75, 3.05) is 11.4 Å². The van der Waals surface area contributed by atoms with Crippen LogP contribution in [-0.2, 0) is 11.3 Å². The zero-order valence-electron chi connectivity index (χ0n) is 14.9. The lowest BCUT2D eigenvalue weighted by Gasteiger charge is -2.22. The molecule has 0 saturated heterocycles. The van der Waals surface area contributed by atoms with Gasteiger partial charge in [0.1, 0.15) is 6.61 Å². The topological polar surface area (TPSA) is 92.9 Å². The van der Waals surface area contributed by atoms with Gasteiger partial charge in [0, 0.05) is 17.8 Å². The Balaban J connectivity index is 1.90. The van der Waals surface area contributed by atoms with Crippen molar-refractivity contribution in [2.24, 2.45) is 0 Å². The quantitative estimate of drug-likeness (QED) is 0.614. The van der Waals surface area contributed by atoms with Gasteiger partial charge in [-0.3, -0.25) is 4.90 Å². The van der Waals surface area contributed by atoms with Crippen molar-refractivity contribution in [3.8, 4) is 11.3 Å². The molecule has 2 aromatic carbocycles. The molecule has 0 atom stereocenters. The summed E-state index contributed by atoms with van der Waals surface area (Å²) in [6.45, 7) is 3.91. The summed E-state index contributed by atoms with van der Waals surface area (Å²) >= 11 is 0. The number of carboxylic acid groups (broad SMARTS) is 1. The van der Waals surface area contributed by atoms with E-state index < -0.39 is 12.1 Å². The smallest absolute Gasteiger partial charge is 0.414 e. The Bertz CT molecular complexity index is 968. The van der Waals surface area contributed by atoms with Crippen LogP contribution < -0.4 is 4.90 Å². The fraction of sp³-hybridized carbons (Fsp3) is 0.0952. The second kappa shape index (κ2) is 8.68. The minimum Gasteiger partial charge on any atom is -0.478 e. The number of aromatic nitrogens is 1. The van der Waals surface area contributed by atoms with E-state index in [2.05, 4.69) is 11.6 Å². The van der Waals surface area contributed by atoms with Gasteiger partial charge in [-0.2, -0.15) is 0 Å². The number of carbonyl (C=O) groups is 2. The van der Waals surface area contributed by atoms with Gasteiger partial charge in [0.2, 0.25) is 0 Å². The van der Waals surface area contributed by atoms with Crippen LogP contribution in [0.1, 0.15) is 15.9 Å². The molecule has 7 heteroatoms. The molecule has 1 aromatic heterocycles. The number of amides is 1.